The summed E-state index contributed by atoms with van der Waals surface area (Å²) in [6.07, 6.45) is -2.09. The molecule has 0 spiro atoms. The second kappa shape index (κ2) is 5.86. The lowest BCUT2D eigenvalue weighted by Crippen LogP contribution is -2.26. The number of benzene rings is 1. The largest absolute Gasteiger partial charge is 0.327 e. The summed E-state index contributed by atoms with van der Waals surface area (Å²) >= 11 is 0. The molecule has 4 nitrogen and oxygen atoms in total. The molecule has 1 aromatic carbocycles. The fourth-order valence-corrected chi connectivity index (χ4v) is 1.86. The van der Waals surface area contributed by atoms with E-state index in [9.17, 15) is 18.9 Å². The standard InChI is InChI=1S/C12H16F2N2O2/c1-3-11(15)7(2)9-5-4-8(16(17)18)6-10(9)12(13)14/h4-7,11-12H,3,15H2,1-2H3. The molecule has 1 aromatic rings. The van der Waals surface area contributed by atoms with E-state index in [1.54, 1.807) is 6.92 Å². The SMILES string of the molecule is CCC(N)C(C)c1ccc([N+](=O)[O-])cc1C(F)F. The molecule has 0 fully saturated rings. The van der Waals surface area contributed by atoms with Gasteiger partial charge in [0.1, 0.15) is 0 Å². The Balaban J connectivity index is 3.23. The van der Waals surface area contributed by atoms with Crippen LogP contribution in [0.25, 0.3) is 0 Å². The summed E-state index contributed by atoms with van der Waals surface area (Å²) in [5.74, 6) is -0.264. The number of non-ortho nitro benzene ring substituents is 1. The van der Waals surface area contributed by atoms with Crippen molar-refractivity contribution in [3.63, 3.8) is 0 Å². The summed E-state index contributed by atoms with van der Waals surface area (Å²) in [5.41, 5.74) is 5.58. The van der Waals surface area contributed by atoms with Gasteiger partial charge in [-0.05, 0) is 17.9 Å². The number of alkyl halides is 2. The average Bonchev–Trinajstić information content (AvgIpc) is 2.35. The van der Waals surface area contributed by atoms with Gasteiger partial charge in [-0.3, -0.25) is 10.1 Å². The highest BCUT2D eigenvalue weighted by Gasteiger charge is 2.23. The molecule has 0 amide bonds. The number of nitro benzene ring substituents is 1. The van der Waals surface area contributed by atoms with Crippen LogP contribution in [0.15, 0.2) is 18.2 Å². The van der Waals surface area contributed by atoms with E-state index in [0.717, 1.165) is 6.07 Å². The molecule has 0 bridgehead atoms. The quantitative estimate of drug-likeness (QED) is 0.650. The van der Waals surface area contributed by atoms with Gasteiger partial charge < -0.3 is 5.73 Å². The molecule has 18 heavy (non-hydrogen) atoms. The van der Waals surface area contributed by atoms with Crippen LogP contribution in [0, 0.1) is 10.1 Å². The molecule has 0 aliphatic heterocycles. The predicted octanol–water partition coefficient (Wildman–Crippen LogP) is 3.37. The maximum absolute atomic E-state index is 12.9. The number of hydrogen-bond donors (Lipinski definition) is 1. The second-order valence-corrected chi connectivity index (χ2v) is 4.23. The molecule has 0 aromatic heterocycles. The lowest BCUT2D eigenvalue weighted by atomic mass is 9.88. The Morgan fingerprint density at radius 2 is 2.00 bits per heavy atom. The van der Waals surface area contributed by atoms with Crippen LogP contribution in [0.3, 0.4) is 0 Å². The lowest BCUT2D eigenvalue weighted by Gasteiger charge is -2.21. The second-order valence-electron chi connectivity index (χ2n) is 4.23. The normalized spacial score (nSPS) is 14.6. The molecular weight excluding hydrogens is 242 g/mol. The number of nitrogens with two attached hydrogens (primary N) is 1. The van der Waals surface area contributed by atoms with Crippen LogP contribution >= 0.6 is 0 Å². The zero-order chi connectivity index (χ0) is 13.9. The maximum atomic E-state index is 12.9. The Hall–Kier alpha value is -1.56. The first-order chi connectivity index (χ1) is 8.38. The molecule has 100 valence electrons. The van der Waals surface area contributed by atoms with E-state index < -0.39 is 11.3 Å². The smallest absolute Gasteiger partial charge is 0.269 e. The van der Waals surface area contributed by atoms with Gasteiger partial charge in [-0.2, -0.15) is 0 Å². The molecule has 0 radical (unpaired) electrons. The van der Waals surface area contributed by atoms with E-state index in [1.165, 1.54) is 12.1 Å². The molecule has 0 heterocycles. The van der Waals surface area contributed by atoms with Crippen LogP contribution in [0.1, 0.15) is 43.7 Å². The van der Waals surface area contributed by atoms with E-state index in [4.69, 9.17) is 5.73 Å². The van der Waals surface area contributed by atoms with Crippen LogP contribution in [0.4, 0.5) is 14.5 Å². The molecule has 6 heteroatoms. The minimum absolute atomic E-state index is 0.246. The van der Waals surface area contributed by atoms with Gasteiger partial charge in [0.2, 0.25) is 0 Å². The van der Waals surface area contributed by atoms with Gasteiger partial charge in [-0.15, -0.1) is 0 Å². The fourth-order valence-electron chi connectivity index (χ4n) is 1.86. The Morgan fingerprint density at radius 1 is 1.39 bits per heavy atom. The van der Waals surface area contributed by atoms with Crippen molar-refractivity contribution < 1.29 is 13.7 Å². The summed E-state index contributed by atoms with van der Waals surface area (Å²) in [7, 11) is 0. The molecule has 2 N–H and O–H groups in total. The van der Waals surface area contributed by atoms with Gasteiger partial charge in [0, 0.05) is 23.7 Å². The summed E-state index contributed by atoms with van der Waals surface area (Å²) in [4.78, 5) is 9.90. The Bertz CT molecular complexity index is 438. The minimum Gasteiger partial charge on any atom is -0.327 e. The van der Waals surface area contributed by atoms with Crippen molar-refractivity contribution in [3.8, 4) is 0 Å². The van der Waals surface area contributed by atoms with Crippen LogP contribution < -0.4 is 5.73 Å². The van der Waals surface area contributed by atoms with Gasteiger partial charge in [-0.25, -0.2) is 8.78 Å². The predicted molar refractivity (Wildman–Crippen MR) is 64.7 cm³/mol. The number of hydrogen-bond acceptors (Lipinski definition) is 3. The first-order valence-electron chi connectivity index (χ1n) is 5.70. The highest BCUT2D eigenvalue weighted by atomic mass is 19.3. The molecule has 1 rings (SSSR count). The van der Waals surface area contributed by atoms with E-state index in [2.05, 4.69) is 0 Å². The first-order valence-corrected chi connectivity index (χ1v) is 5.70. The van der Waals surface area contributed by atoms with Crippen molar-refractivity contribution >= 4 is 5.69 Å². The van der Waals surface area contributed by atoms with Crippen LogP contribution in [0.5, 0.6) is 0 Å². The van der Waals surface area contributed by atoms with E-state index in [-0.39, 0.29) is 23.2 Å². The third-order valence-corrected chi connectivity index (χ3v) is 3.12. The van der Waals surface area contributed by atoms with Crippen LogP contribution in [0.2, 0.25) is 0 Å². The summed E-state index contributed by atoms with van der Waals surface area (Å²) in [6, 6.07) is 3.29. The highest BCUT2D eigenvalue weighted by molar-refractivity contribution is 5.42. The van der Waals surface area contributed by atoms with Crippen molar-refractivity contribution in [1.29, 1.82) is 0 Å². The van der Waals surface area contributed by atoms with Crippen molar-refractivity contribution in [2.45, 2.75) is 38.7 Å². The van der Waals surface area contributed by atoms with Gasteiger partial charge in [0.25, 0.3) is 12.1 Å². The van der Waals surface area contributed by atoms with Gasteiger partial charge >= 0.3 is 0 Å². The van der Waals surface area contributed by atoms with Gasteiger partial charge in [0.15, 0.2) is 0 Å². The van der Waals surface area contributed by atoms with Crippen molar-refractivity contribution in [1.82, 2.24) is 0 Å². The Morgan fingerprint density at radius 3 is 2.44 bits per heavy atom. The molecule has 0 saturated carbocycles. The molecule has 2 unspecified atom stereocenters. The van der Waals surface area contributed by atoms with E-state index >= 15 is 0 Å². The summed E-state index contributed by atoms with van der Waals surface area (Å²) in [6.45, 7) is 3.62. The zero-order valence-corrected chi connectivity index (χ0v) is 10.3. The Kier molecular flexibility index (Phi) is 4.72. The first kappa shape index (κ1) is 14.5. The van der Waals surface area contributed by atoms with Crippen molar-refractivity contribution in [3.05, 3.63) is 39.4 Å². The van der Waals surface area contributed by atoms with Crippen LogP contribution in [-0.4, -0.2) is 11.0 Å². The molecular formula is C12H16F2N2O2. The fraction of sp³-hybridized carbons (Fsp3) is 0.500. The minimum atomic E-state index is -2.74. The van der Waals surface area contributed by atoms with Crippen LogP contribution in [-0.2, 0) is 0 Å². The topological polar surface area (TPSA) is 69.2 Å². The van der Waals surface area contributed by atoms with Gasteiger partial charge in [-0.1, -0.05) is 19.9 Å². The Labute approximate surface area is 104 Å². The monoisotopic (exact) mass is 258 g/mol. The average molecular weight is 258 g/mol. The maximum Gasteiger partial charge on any atom is 0.269 e. The molecule has 0 aliphatic carbocycles. The van der Waals surface area contributed by atoms with Crippen molar-refractivity contribution in [2.75, 3.05) is 0 Å². The lowest BCUT2D eigenvalue weighted by molar-refractivity contribution is -0.385. The van der Waals surface area contributed by atoms with Gasteiger partial charge in [0.05, 0.1) is 4.92 Å². The summed E-state index contributed by atoms with van der Waals surface area (Å²) < 4.78 is 25.9. The molecule has 2 atom stereocenters. The zero-order valence-electron chi connectivity index (χ0n) is 10.3. The number of nitro groups is 1. The number of nitrogens with zero attached hydrogens (tertiary/aromatic N) is 1. The third-order valence-electron chi connectivity index (χ3n) is 3.12. The number of halogens is 2. The van der Waals surface area contributed by atoms with E-state index in [1.807, 2.05) is 6.92 Å². The van der Waals surface area contributed by atoms with Crippen molar-refractivity contribution in [2.24, 2.45) is 5.73 Å². The van der Waals surface area contributed by atoms with E-state index in [0.29, 0.717) is 12.0 Å². The molecule has 0 saturated heterocycles. The molecule has 0 aliphatic rings. The number of rotatable bonds is 5. The summed E-state index contributed by atoms with van der Waals surface area (Å²) in [5, 5.41) is 10.6. The highest BCUT2D eigenvalue weighted by Crippen LogP contribution is 2.33. The third kappa shape index (κ3) is 3.01.